The van der Waals surface area contributed by atoms with E-state index < -0.39 is 0 Å². The third kappa shape index (κ3) is 3.85. The summed E-state index contributed by atoms with van der Waals surface area (Å²) in [7, 11) is 1.60. The second-order valence-corrected chi connectivity index (χ2v) is 7.48. The first kappa shape index (κ1) is 18.7. The average molecular weight is 408 g/mol. The molecule has 0 aliphatic rings. The van der Waals surface area contributed by atoms with Crippen LogP contribution in [0.15, 0.2) is 47.9 Å². The van der Waals surface area contributed by atoms with E-state index in [1.807, 2.05) is 22.8 Å². The SMILES string of the molecule is CNC(=O)C(C)Sc1nnc(-c2cccnc2)n1-c1ccc(Cl)c(Cl)c1. The molecule has 2 heterocycles. The van der Waals surface area contributed by atoms with E-state index in [1.54, 1.807) is 38.5 Å². The molecular weight excluding hydrogens is 393 g/mol. The van der Waals surface area contributed by atoms with Gasteiger partial charge in [-0.05, 0) is 37.3 Å². The fourth-order valence-electron chi connectivity index (χ4n) is 2.30. The molecule has 3 aromatic rings. The maximum absolute atomic E-state index is 11.9. The van der Waals surface area contributed by atoms with Gasteiger partial charge in [0.15, 0.2) is 11.0 Å². The Labute approximate surface area is 164 Å². The van der Waals surface area contributed by atoms with Crippen LogP contribution in [0, 0.1) is 0 Å². The van der Waals surface area contributed by atoms with Gasteiger partial charge < -0.3 is 5.32 Å². The van der Waals surface area contributed by atoms with E-state index in [0.717, 1.165) is 11.3 Å². The van der Waals surface area contributed by atoms with Crippen molar-refractivity contribution < 1.29 is 4.79 Å². The Bertz CT molecular complexity index is 932. The zero-order valence-electron chi connectivity index (χ0n) is 14.0. The minimum atomic E-state index is -0.340. The maximum Gasteiger partial charge on any atom is 0.233 e. The summed E-state index contributed by atoms with van der Waals surface area (Å²) in [4.78, 5) is 16.0. The molecule has 3 rings (SSSR count). The standard InChI is InChI=1S/C17H15Cl2N5OS/c1-10(16(25)20-2)26-17-23-22-15(11-4-3-7-21-9-11)24(17)12-5-6-13(18)14(19)8-12/h3-10H,1-2H3,(H,20,25). The Kier molecular flexibility index (Phi) is 5.80. The Hall–Kier alpha value is -2.09. The number of nitrogens with zero attached hydrogens (tertiary/aromatic N) is 4. The van der Waals surface area contributed by atoms with Gasteiger partial charge in [-0.25, -0.2) is 0 Å². The van der Waals surface area contributed by atoms with Crippen LogP contribution in [-0.4, -0.2) is 38.0 Å². The third-order valence-electron chi connectivity index (χ3n) is 3.61. The van der Waals surface area contributed by atoms with Crippen LogP contribution < -0.4 is 5.32 Å². The van der Waals surface area contributed by atoms with E-state index in [0.29, 0.717) is 21.0 Å². The number of rotatable bonds is 5. The van der Waals surface area contributed by atoms with Gasteiger partial charge in [-0.2, -0.15) is 0 Å². The van der Waals surface area contributed by atoms with Crippen LogP contribution in [0.5, 0.6) is 0 Å². The molecule has 1 unspecified atom stereocenters. The fourth-order valence-corrected chi connectivity index (χ4v) is 3.52. The number of hydrogen-bond donors (Lipinski definition) is 1. The van der Waals surface area contributed by atoms with Gasteiger partial charge in [0.05, 0.1) is 21.0 Å². The summed E-state index contributed by atoms with van der Waals surface area (Å²) in [6, 6.07) is 8.99. The molecule has 26 heavy (non-hydrogen) atoms. The van der Waals surface area contributed by atoms with Crippen molar-refractivity contribution in [2.24, 2.45) is 0 Å². The summed E-state index contributed by atoms with van der Waals surface area (Å²) in [5.74, 6) is 0.504. The third-order valence-corrected chi connectivity index (χ3v) is 5.39. The minimum absolute atomic E-state index is 0.0957. The molecule has 2 aromatic heterocycles. The molecule has 9 heteroatoms. The van der Waals surface area contributed by atoms with Crippen LogP contribution in [0.3, 0.4) is 0 Å². The number of nitrogens with one attached hydrogen (secondary N) is 1. The highest BCUT2D eigenvalue weighted by Crippen LogP contribution is 2.32. The fraction of sp³-hybridized carbons (Fsp3) is 0.176. The van der Waals surface area contributed by atoms with Gasteiger partial charge in [-0.3, -0.25) is 14.3 Å². The number of hydrogen-bond acceptors (Lipinski definition) is 5. The second-order valence-electron chi connectivity index (χ2n) is 5.36. The lowest BCUT2D eigenvalue weighted by atomic mass is 10.2. The lowest BCUT2D eigenvalue weighted by molar-refractivity contribution is -0.119. The molecule has 0 spiro atoms. The predicted molar refractivity (Wildman–Crippen MR) is 104 cm³/mol. The van der Waals surface area contributed by atoms with Gasteiger partial charge in [0.25, 0.3) is 0 Å². The van der Waals surface area contributed by atoms with Crippen LogP contribution in [0.1, 0.15) is 6.92 Å². The molecule has 1 amide bonds. The van der Waals surface area contributed by atoms with Crippen molar-refractivity contribution in [3.8, 4) is 17.1 Å². The number of halogens is 2. The van der Waals surface area contributed by atoms with Gasteiger partial charge in [-0.15, -0.1) is 10.2 Å². The van der Waals surface area contributed by atoms with E-state index in [2.05, 4.69) is 20.5 Å². The molecule has 0 aliphatic heterocycles. The molecule has 1 atom stereocenters. The first-order valence-electron chi connectivity index (χ1n) is 7.70. The van der Waals surface area contributed by atoms with E-state index in [4.69, 9.17) is 23.2 Å². The number of benzene rings is 1. The van der Waals surface area contributed by atoms with Crippen molar-refractivity contribution >= 4 is 40.9 Å². The summed E-state index contributed by atoms with van der Waals surface area (Å²) < 4.78 is 1.84. The monoisotopic (exact) mass is 407 g/mol. The van der Waals surface area contributed by atoms with Gasteiger partial charge >= 0.3 is 0 Å². The summed E-state index contributed by atoms with van der Waals surface area (Å²) >= 11 is 13.5. The number of thioether (sulfide) groups is 1. The molecule has 134 valence electrons. The minimum Gasteiger partial charge on any atom is -0.358 e. The predicted octanol–water partition coefficient (Wildman–Crippen LogP) is 3.86. The van der Waals surface area contributed by atoms with Crippen molar-refractivity contribution in [3.63, 3.8) is 0 Å². The molecular formula is C17H15Cl2N5OS. The van der Waals surface area contributed by atoms with Gasteiger partial charge in [0, 0.05) is 25.0 Å². The summed E-state index contributed by atoms with van der Waals surface area (Å²) in [6.07, 6.45) is 3.39. The van der Waals surface area contributed by atoms with Crippen LogP contribution in [0.25, 0.3) is 17.1 Å². The zero-order chi connectivity index (χ0) is 18.7. The van der Waals surface area contributed by atoms with E-state index in [1.165, 1.54) is 11.8 Å². The Balaban J connectivity index is 2.12. The van der Waals surface area contributed by atoms with E-state index >= 15 is 0 Å². The highest BCUT2D eigenvalue weighted by atomic mass is 35.5. The molecule has 0 radical (unpaired) electrons. The van der Waals surface area contributed by atoms with Crippen molar-refractivity contribution in [2.75, 3.05) is 7.05 Å². The molecule has 0 saturated carbocycles. The highest BCUT2D eigenvalue weighted by Gasteiger charge is 2.21. The zero-order valence-corrected chi connectivity index (χ0v) is 16.3. The smallest absolute Gasteiger partial charge is 0.233 e. The first-order valence-corrected chi connectivity index (χ1v) is 9.34. The first-order chi connectivity index (χ1) is 12.5. The maximum atomic E-state index is 11.9. The van der Waals surface area contributed by atoms with Crippen LogP contribution in [0.4, 0.5) is 0 Å². The van der Waals surface area contributed by atoms with Crippen molar-refractivity contribution in [3.05, 3.63) is 52.8 Å². The summed E-state index contributed by atoms with van der Waals surface area (Å²) in [6.45, 7) is 1.81. The highest BCUT2D eigenvalue weighted by molar-refractivity contribution is 8.00. The summed E-state index contributed by atoms with van der Waals surface area (Å²) in [5.41, 5.74) is 1.54. The molecule has 0 bridgehead atoms. The lowest BCUT2D eigenvalue weighted by Crippen LogP contribution is -2.27. The Morgan fingerprint density at radius 3 is 2.69 bits per heavy atom. The molecule has 1 aromatic carbocycles. The average Bonchev–Trinajstić information content (AvgIpc) is 3.07. The van der Waals surface area contributed by atoms with Crippen LogP contribution >= 0.6 is 35.0 Å². The number of amides is 1. The molecule has 6 nitrogen and oxygen atoms in total. The normalized spacial score (nSPS) is 12.0. The molecule has 0 aliphatic carbocycles. The Morgan fingerprint density at radius 2 is 2.04 bits per heavy atom. The lowest BCUT2D eigenvalue weighted by Gasteiger charge is -2.13. The quantitative estimate of drug-likeness (QED) is 0.649. The number of aromatic nitrogens is 4. The number of carbonyl (C=O) groups excluding carboxylic acids is 1. The van der Waals surface area contributed by atoms with Crippen molar-refractivity contribution in [1.29, 1.82) is 0 Å². The Morgan fingerprint density at radius 1 is 1.23 bits per heavy atom. The van der Waals surface area contributed by atoms with E-state index in [-0.39, 0.29) is 11.2 Å². The molecule has 0 saturated heterocycles. The molecule has 0 fully saturated rings. The largest absolute Gasteiger partial charge is 0.358 e. The van der Waals surface area contributed by atoms with Crippen molar-refractivity contribution in [1.82, 2.24) is 25.1 Å². The van der Waals surface area contributed by atoms with E-state index in [9.17, 15) is 4.79 Å². The number of carbonyl (C=O) groups is 1. The van der Waals surface area contributed by atoms with Crippen LogP contribution in [0.2, 0.25) is 10.0 Å². The second kappa shape index (κ2) is 8.07. The summed E-state index contributed by atoms with van der Waals surface area (Å²) in [5, 5.41) is 12.3. The van der Waals surface area contributed by atoms with Crippen LogP contribution in [-0.2, 0) is 4.79 Å². The van der Waals surface area contributed by atoms with Gasteiger partial charge in [0.1, 0.15) is 0 Å². The number of pyridine rings is 1. The van der Waals surface area contributed by atoms with Crippen molar-refractivity contribution in [2.45, 2.75) is 17.3 Å². The van der Waals surface area contributed by atoms with Gasteiger partial charge in [-0.1, -0.05) is 35.0 Å². The van der Waals surface area contributed by atoms with Gasteiger partial charge in [0.2, 0.25) is 5.91 Å². The topological polar surface area (TPSA) is 72.7 Å². The molecule has 1 N–H and O–H groups in total.